The van der Waals surface area contributed by atoms with Crippen LogP contribution in [0.3, 0.4) is 0 Å². The largest absolute Gasteiger partial charge is 0.465 e. The van der Waals surface area contributed by atoms with E-state index in [0.29, 0.717) is 73.0 Å². The molecule has 3 aromatic rings. The van der Waals surface area contributed by atoms with Crippen LogP contribution >= 0.6 is 22.7 Å². The molecular weight excluding hydrogens is 847 g/mol. The molecule has 2 aromatic heterocycles. The minimum atomic E-state index is -1.69. The number of thiazole rings is 2. The zero-order valence-corrected chi connectivity index (χ0v) is 38.3. The Balaban J connectivity index is 1.28. The lowest BCUT2D eigenvalue weighted by atomic mass is 9.61. The Morgan fingerprint density at radius 2 is 1.10 bits per heavy atom. The van der Waals surface area contributed by atoms with E-state index in [1.54, 1.807) is 27.7 Å². The lowest BCUT2D eigenvalue weighted by Crippen LogP contribution is -2.71. The number of likely N-dealkylation sites (tertiary alicyclic amines) is 2. The van der Waals surface area contributed by atoms with Crippen LogP contribution in [0.15, 0.2) is 35.0 Å². The number of benzene rings is 1. The van der Waals surface area contributed by atoms with E-state index in [0.717, 1.165) is 11.3 Å². The smallest absolute Gasteiger partial charge is 0.411 e. The van der Waals surface area contributed by atoms with Crippen LogP contribution in [0.25, 0.3) is 0 Å². The zero-order valence-electron chi connectivity index (χ0n) is 36.6. The van der Waals surface area contributed by atoms with Crippen molar-refractivity contribution in [1.29, 1.82) is 0 Å². The standard InChI is InChI=1S/C44H57N9O8S2/c1-22(32(45)54)41(6)30-20-62-36(47-30)43(41,34(56)49-38(58)59)51-18-8-10-26(51)28-16-17-29(53(28)25-14-12-24(13-15-25)40(3,4)5)27-11-9-19-52(27)44(35(57)50-39(60)61)37-48-31(21-63-37)42(44,7)23(2)33(46)55/h12-15,20-23,26-29H,8-11,16-19H2,1-7H3,(H2,45,54)(H2,46,55)(H,49,56)(H,50,57)(H,58,59)(H,60,61)/t22?,23?,26?,27?,28-,29-,41+,42+,43-,44-/m0/s1. The second-order valence-electron chi connectivity index (χ2n) is 19.4. The first-order valence-corrected chi connectivity index (χ1v) is 23.4. The number of imide groups is 2. The molecule has 5 aliphatic rings. The Morgan fingerprint density at radius 3 is 1.44 bits per heavy atom. The molecule has 3 fully saturated rings. The molecule has 0 radical (unpaired) electrons. The van der Waals surface area contributed by atoms with Crippen LogP contribution in [0, 0.1) is 11.8 Å². The predicted octanol–water partition coefficient (Wildman–Crippen LogP) is 4.33. The molecule has 0 saturated carbocycles. The highest BCUT2D eigenvalue weighted by atomic mass is 32.1. The van der Waals surface area contributed by atoms with Crippen molar-refractivity contribution in [2.75, 3.05) is 18.0 Å². The van der Waals surface area contributed by atoms with Gasteiger partial charge in [-0.2, -0.15) is 0 Å². The molecular formula is C44H57N9O8S2. The number of nitrogens with two attached hydrogens (primary N) is 2. The van der Waals surface area contributed by atoms with Crippen molar-refractivity contribution in [2.24, 2.45) is 23.3 Å². The van der Waals surface area contributed by atoms with Crippen LogP contribution in [0.4, 0.5) is 15.3 Å². The average molecular weight is 904 g/mol. The zero-order chi connectivity index (χ0) is 45.8. The molecule has 8 rings (SSSR count). The molecule has 7 heterocycles. The number of anilines is 1. The highest BCUT2D eigenvalue weighted by Crippen LogP contribution is 2.62. The number of hydrogen-bond acceptors (Lipinski definition) is 13. The number of fused-ring (bicyclic) bond motifs is 4. The summed E-state index contributed by atoms with van der Waals surface area (Å²) < 4.78 is 0. The van der Waals surface area contributed by atoms with E-state index in [-0.39, 0.29) is 29.6 Å². The number of nitrogens with zero attached hydrogens (tertiary/aromatic N) is 5. The highest BCUT2D eigenvalue weighted by Gasteiger charge is 2.73. The molecule has 0 aliphatic carbocycles. The number of aromatic nitrogens is 2. The average Bonchev–Trinajstić information content (AvgIpc) is 4.07. The molecule has 10 atom stereocenters. The maximum Gasteiger partial charge on any atom is 0.411 e. The summed E-state index contributed by atoms with van der Waals surface area (Å²) in [7, 11) is 0. The third-order valence-electron chi connectivity index (χ3n) is 15.7. The number of carbonyl (C=O) groups excluding carboxylic acids is 4. The van der Waals surface area contributed by atoms with Gasteiger partial charge in [0.1, 0.15) is 10.0 Å². The molecule has 8 N–H and O–H groups in total. The second kappa shape index (κ2) is 15.3. The number of primary amides is 2. The van der Waals surface area contributed by atoms with Crippen molar-refractivity contribution in [3.63, 3.8) is 0 Å². The van der Waals surface area contributed by atoms with Gasteiger partial charge in [-0.05, 0) is 61.6 Å². The van der Waals surface area contributed by atoms with E-state index in [1.165, 1.54) is 22.7 Å². The number of amides is 6. The molecule has 4 bridgehead atoms. The summed E-state index contributed by atoms with van der Waals surface area (Å²) in [4.78, 5) is 97.1. The maximum absolute atomic E-state index is 14.8. The number of hydrogen-bond donors (Lipinski definition) is 6. The van der Waals surface area contributed by atoms with Gasteiger partial charge >= 0.3 is 12.2 Å². The van der Waals surface area contributed by atoms with E-state index in [2.05, 4.69) is 70.4 Å². The van der Waals surface area contributed by atoms with Gasteiger partial charge in [-0.3, -0.25) is 39.6 Å². The summed E-state index contributed by atoms with van der Waals surface area (Å²) in [6, 6.07) is 7.19. The molecule has 0 spiro atoms. The summed E-state index contributed by atoms with van der Waals surface area (Å²) >= 11 is 2.52. The van der Waals surface area contributed by atoms with Gasteiger partial charge in [0.25, 0.3) is 11.8 Å². The third-order valence-corrected chi connectivity index (χ3v) is 17.6. The van der Waals surface area contributed by atoms with E-state index in [9.17, 15) is 39.0 Å². The van der Waals surface area contributed by atoms with Gasteiger partial charge in [0, 0.05) is 65.5 Å². The normalized spacial score (nSPS) is 32.5. The van der Waals surface area contributed by atoms with Gasteiger partial charge in [-0.1, -0.05) is 60.6 Å². The van der Waals surface area contributed by atoms with Crippen LogP contribution in [0.5, 0.6) is 0 Å². The summed E-state index contributed by atoms with van der Waals surface area (Å²) in [5.74, 6) is -4.70. The summed E-state index contributed by atoms with van der Waals surface area (Å²) in [6.45, 7) is 14.2. The number of nitrogens with one attached hydrogen (secondary N) is 2. The van der Waals surface area contributed by atoms with Crippen molar-refractivity contribution in [3.05, 3.63) is 62.0 Å². The minimum Gasteiger partial charge on any atom is -0.465 e. The number of carbonyl (C=O) groups is 6. The first-order chi connectivity index (χ1) is 29.6. The van der Waals surface area contributed by atoms with Crippen LogP contribution in [-0.4, -0.2) is 103 Å². The minimum absolute atomic E-state index is 0.145. The van der Waals surface area contributed by atoms with Gasteiger partial charge < -0.3 is 26.6 Å². The Bertz CT molecular complexity index is 2250. The van der Waals surface area contributed by atoms with Crippen molar-refractivity contribution < 1.29 is 39.0 Å². The summed E-state index contributed by atoms with van der Waals surface area (Å²) in [5.41, 5.74) is 8.95. The Hall–Kier alpha value is -4.98. The predicted molar refractivity (Wildman–Crippen MR) is 235 cm³/mol. The molecule has 5 aliphatic heterocycles. The maximum atomic E-state index is 14.8. The SMILES string of the molecule is CC(C(N)=O)[C@]1(C)c2csc(n2)[C@]1(C(=O)NC(=O)O)N1CCCC1[C@@H]1CC[C@@H](C2CCCN2[C@@]2(C(=O)NC(=O)O)c3nc(cs3)[C@@]2(C)C(C)C(N)=O)N1c1ccc(C(C)(C)C)cc1. The number of rotatable bonds is 11. The molecule has 1 aromatic carbocycles. The molecule has 19 heteroatoms. The van der Waals surface area contributed by atoms with Gasteiger partial charge in [-0.15, -0.1) is 22.7 Å². The number of carboxylic acid groups (broad SMARTS) is 2. The van der Waals surface area contributed by atoms with E-state index in [4.69, 9.17) is 21.4 Å². The second-order valence-corrected chi connectivity index (χ2v) is 21.1. The van der Waals surface area contributed by atoms with Gasteiger partial charge in [0.2, 0.25) is 11.8 Å². The van der Waals surface area contributed by atoms with Gasteiger partial charge in [0.05, 0.1) is 22.2 Å². The van der Waals surface area contributed by atoms with E-state index >= 15 is 0 Å². The third kappa shape index (κ3) is 6.11. The van der Waals surface area contributed by atoms with Crippen molar-refractivity contribution in [1.82, 2.24) is 30.4 Å². The molecule has 17 nitrogen and oxygen atoms in total. The highest BCUT2D eigenvalue weighted by molar-refractivity contribution is 7.10. The Morgan fingerprint density at radius 1 is 0.698 bits per heavy atom. The van der Waals surface area contributed by atoms with Crippen LogP contribution < -0.4 is 27.0 Å². The van der Waals surface area contributed by atoms with Gasteiger partial charge in [-0.25, -0.2) is 19.6 Å². The van der Waals surface area contributed by atoms with Crippen LogP contribution in [0.2, 0.25) is 0 Å². The molecule has 338 valence electrons. The summed E-state index contributed by atoms with van der Waals surface area (Å²) in [5, 5.41) is 28.9. The monoisotopic (exact) mass is 903 g/mol. The molecule has 3 saturated heterocycles. The fraction of sp³-hybridized carbons (Fsp3) is 0.591. The first kappa shape index (κ1) is 44.6. The van der Waals surface area contributed by atoms with Crippen LogP contribution in [-0.2, 0) is 46.5 Å². The summed E-state index contributed by atoms with van der Waals surface area (Å²) in [6.07, 6.45) is 0.870. The van der Waals surface area contributed by atoms with Crippen LogP contribution in [0.1, 0.15) is 114 Å². The fourth-order valence-corrected chi connectivity index (χ4v) is 14.8. The lowest BCUT2D eigenvalue weighted by Gasteiger charge is -2.54. The Kier molecular flexibility index (Phi) is 10.9. The Labute approximate surface area is 374 Å². The van der Waals surface area contributed by atoms with Crippen molar-refractivity contribution in [2.45, 2.75) is 138 Å². The fourth-order valence-electron chi connectivity index (χ4n) is 12.3. The van der Waals surface area contributed by atoms with E-state index < -0.39 is 69.6 Å². The molecule has 4 unspecified atom stereocenters. The lowest BCUT2D eigenvalue weighted by molar-refractivity contribution is -0.146. The molecule has 6 amide bonds. The molecule has 63 heavy (non-hydrogen) atoms. The van der Waals surface area contributed by atoms with Crippen molar-refractivity contribution >= 4 is 64.2 Å². The first-order valence-electron chi connectivity index (χ1n) is 21.6. The topological polar surface area (TPSA) is 254 Å². The van der Waals surface area contributed by atoms with Crippen molar-refractivity contribution in [3.8, 4) is 0 Å². The quantitative estimate of drug-likeness (QED) is 0.157. The van der Waals surface area contributed by atoms with E-state index in [1.807, 2.05) is 10.8 Å². The van der Waals surface area contributed by atoms with Gasteiger partial charge in [0.15, 0.2) is 11.1 Å².